The fraction of sp³-hybridized carbons (Fsp3) is 0.455. The van der Waals surface area contributed by atoms with Crippen molar-refractivity contribution in [2.45, 2.75) is 51.2 Å². The number of aromatic nitrogens is 2. The molecule has 0 spiro atoms. The maximum atomic E-state index is 12.3. The number of hydrogen-bond acceptors (Lipinski definition) is 8. The molecule has 0 saturated heterocycles. The van der Waals surface area contributed by atoms with Crippen molar-refractivity contribution < 1.29 is 33.7 Å². The minimum absolute atomic E-state index is 0.0112. The van der Waals surface area contributed by atoms with Crippen molar-refractivity contribution in [2.24, 2.45) is 0 Å². The Morgan fingerprint density at radius 3 is 2.79 bits per heavy atom. The molecule has 1 fully saturated rings. The fourth-order valence-corrected chi connectivity index (χ4v) is 3.63. The van der Waals surface area contributed by atoms with Gasteiger partial charge in [0.05, 0.1) is 12.7 Å². The maximum absolute atomic E-state index is 12.3. The lowest BCUT2D eigenvalue weighted by molar-refractivity contribution is -0.118. The van der Waals surface area contributed by atoms with Crippen LogP contribution in [0.4, 0.5) is 10.6 Å². The first-order valence-corrected chi connectivity index (χ1v) is 10.6. The molecule has 0 bridgehead atoms. The Hall–Kier alpha value is -3.76. The lowest BCUT2D eigenvalue weighted by Gasteiger charge is -2.14. The van der Waals surface area contributed by atoms with Crippen LogP contribution < -0.4 is 20.1 Å². The third-order valence-corrected chi connectivity index (χ3v) is 5.18. The molecule has 1 saturated carbocycles. The molecule has 178 valence electrons. The molecule has 11 nitrogen and oxygen atoms in total. The second kappa shape index (κ2) is 10.7. The van der Waals surface area contributed by atoms with Gasteiger partial charge < -0.3 is 30.0 Å². The van der Waals surface area contributed by atoms with Crippen molar-refractivity contribution in [1.29, 1.82) is 0 Å². The molecule has 1 aliphatic rings. The van der Waals surface area contributed by atoms with Crippen LogP contribution >= 0.6 is 0 Å². The highest BCUT2D eigenvalue weighted by Gasteiger charge is 2.30. The molecule has 3 rings (SSSR count). The van der Waals surface area contributed by atoms with E-state index in [0.29, 0.717) is 18.5 Å². The predicted molar refractivity (Wildman–Crippen MR) is 118 cm³/mol. The van der Waals surface area contributed by atoms with Gasteiger partial charge in [-0.3, -0.25) is 14.7 Å². The second-order valence-corrected chi connectivity index (χ2v) is 8.06. The summed E-state index contributed by atoms with van der Waals surface area (Å²) in [4.78, 5) is 35.3. The zero-order valence-electron chi connectivity index (χ0n) is 18.7. The number of methoxy groups -OCH3 is 1. The third-order valence-electron chi connectivity index (χ3n) is 5.18. The average molecular weight is 460 g/mol. The molecule has 1 unspecified atom stereocenters. The molecule has 2 atom stereocenters. The standard InChI is InChI=1S/C22H28N4O7/c1-12(2)23-22(30)33-14-5-4-13(6-14)17-9-20(26-25-17)24-21(29)11-32-19-8-15(31-3)7-18(28)16(19)10-27/h7-10,12-14,28H,4-6,11H2,1-3H3,(H,23,30)(H2,24,25,26,29)/t13?,14-/m1/s1. The van der Waals surface area contributed by atoms with Crippen molar-refractivity contribution in [1.82, 2.24) is 15.5 Å². The van der Waals surface area contributed by atoms with Gasteiger partial charge in [-0.1, -0.05) is 0 Å². The normalized spacial score (nSPS) is 17.5. The van der Waals surface area contributed by atoms with Gasteiger partial charge in [-0.2, -0.15) is 5.10 Å². The summed E-state index contributed by atoms with van der Waals surface area (Å²) >= 11 is 0. The number of alkyl carbamates (subject to hydrolysis) is 1. The van der Waals surface area contributed by atoms with Crippen LogP contribution in [-0.2, 0) is 9.53 Å². The van der Waals surface area contributed by atoms with E-state index in [4.69, 9.17) is 14.2 Å². The van der Waals surface area contributed by atoms with Crippen molar-refractivity contribution in [2.75, 3.05) is 19.0 Å². The van der Waals surface area contributed by atoms with Crippen LogP contribution in [0.3, 0.4) is 0 Å². The first-order valence-electron chi connectivity index (χ1n) is 10.6. The summed E-state index contributed by atoms with van der Waals surface area (Å²) in [6, 6.07) is 4.42. The smallest absolute Gasteiger partial charge is 0.407 e. The van der Waals surface area contributed by atoms with Crippen LogP contribution in [0.2, 0.25) is 0 Å². The van der Waals surface area contributed by atoms with Gasteiger partial charge in [0.25, 0.3) is 5.91 Å². The Morgan fingerprint density at radius 1 is 1.30 bits per heavy atom. The molecule has 1 aromatic carbocycles. The van der Waals surface area contributed by atoms with E-state index in [1.54, 1.807) is 6.07 Å². The van der Waals surface area contributed by atoms with Gasteiger partial charge in [0.15, 0.2) is 18.7 Å². The topological polar surface area (TPSA) is 152 Å². The monoisotopic (exact) mass is 460 g/mol. The molecule has 33 heavy (non-hydrogen) atoms. The quantitative estimate of drug-likeness (QED) is 0.417. The van der Waals surface area contributed by atoms with Gasteiger partial charge in [0, 0.05) is 35.9 Å². The molecule has 2 aromatic rings. The summed E-state index contributed by atoms with van der Waals surface area (Å²) < 4.78 is 15.9. The minimum atomic E-state index is -0.495. The molecule has 0 radical (unpaired) electrons. The van der Waals surface area contributed by atoms with Crippen LogP contribution in [-0.4, -0.2) is 59.5 Å². The van der Waals surface area contributed by atoms with Gasteiger partial charge in [-0.05, 0) is 33.1 Å². The van der Waals surface area contributed by atoms with Gasteiger partial charge in [-0.25, -0.2) is 4.79 Å². The number of hydrogen-bond donors (Lipinski definition) is 4. The second-order valence-electron chi connectivity index (χ2n) is 8.06. The number of nitrogens with one attached hydrogen (secondary N) is 3. The number of aromatic amines is 1. The number of rotatable bonds is 9. The highest BCUT2D eigenvalue weighted by molar-refractivity contribution is 5.91. The van der Waals surface area contributed by atoms with E-state index in [9.17, 15) is 19.5 Å². The van der Waals surface area contributed by atoms with E-state index in [-0.39, 0.29) is 40.9 Å². The molecule has 0 aliphatic heterocycles. The molecule has 11 heteroatoms. The van der Waals surface area contributed by atoms with Crippen LogP contribution in [0.25, 0.3) is 0 Å². The van der Waals surface area contributed by atoms with Crippen LogP contribution in [0.1, 0.15) is 55.1 Å². The number of carbonyl (C=O) groups excluding carboxylic acids is 3. The van der Waals surface area contributed by atoms with Gasteiger partial charge in [-0.15, -0.1) is 0 Å². The molecule has 1 heterocycles. The number of phenolic OH excluding ortho intramolecular Hbond substituents is 1. The van der Waals surface area contributed by atoms with Gasteiger partial charge >= 0.3 is 6.09 Å². The number of phenols is 1. The first kappa shape index (κ1) is 23.9. The highest BCUT2D eigenvalue weighted by Crippen LogP contribution is 2.36. The Kier molecular flexibility index (Phi) is 7.75. The number of nitrogens with zero attached hydrogens (tertiary/aromatic N) is 1. The van der Waals surface area contributed by atoms with E-state index in [1.165, 1.54) is 19.2 Å². The van der Waals surface area contributed by atoms with Crippen molar-refractivity contribution in [3.63, 3.8) is 0 Å². The Morgan fingerprint density at radius 2 is 2.09 bits per heavy atom. The SMILES string of the molecule is COc1cc(O)c(C=O)c(OCC(=O)Nc2cc(C3CC[C@@H](OC(=O)NC(C)C)C3)[nH]n2)c1. The van der Waals surface area contributed by atoms with Gasteiger partial charge in [0.2, 0.25) is 0 Å². The fourth-order valence-electron chi connectivity index (χ4n) is 3.63. The summed E-state index contributed by atoms with van der Waals surface area (Å²) in [5, 5.41) is 22.2. The number of aromatic hydroxyl groups is 1. The van der Waals surface area contributed by atoms with E-state index < -0.39 is 18.6 Å². The zero-order valence-corrected chi connectivity index (χ0v) is 18.7. The number of carbonyl (C=O) groups is 3. The molecule has 2 amide bonds. The van der Waals surface area contributed by atoms with Crippen molar-refractivity contribution in [3.8, 4) is 17.2 Å². The van der Waals surface area contributed by atoms with Crippen LogP contribution in [0.5, 0.6) is 17.2 Å². The number of benzene rings is 1. The molecular formula is C22H28N4O7. The molecule has 1 aromatic heterocycles. The summed E-state index contributed by atoms with van der Waals surface area (Å²) in [5.41, 5.74) is 0.758. The number of aldehydes is 1. The van der Waals surface area contributed by atoms with Crippen LogP contribution in [0.15, 0.2) is 18.2 Å². The third kappa shape index (κ3) is 6.37. The lowest BCUT2D eigenvalue weighted by Crippen LogP contribution is -2.33. The van der Waals surface area contributed by atoms with Gasteiger partial charge in [0.1, 0.15) is 23.4 Å². The van der Waals surface area contributed by atoms with Crippen LogP contribution in [0, 0.1) is 0 Å². The van der Waals surface area contributed by atoms with E-state index in [2.05, 4.69) is 20.8 Å². The minimum Gasteiger partial charge on any atom is -0.507 e. The predicted octanol–water partition coefficient (Wildman–Crippen LogP) is 2.72. The van der Waals surface area contributed by atoms with Crippen molar-refractivity contribution in [3.05, 3.63) is 29.5 Å². The molecule has 4 N–H and O–H groups in total. The Labute approximate surface area is 190 Å². The highest BCUT2D eigenvalue weighted by atomic mass is 16.6. The Bertz CT molecular complexity index is 1000. The average Bonchev–Trinajstić information content (AvgIpc) is 3.40. The number of amides is 2. The first-order chi connectivity index (χ1) is 15.8. The zero-order chi connectivity index (χ0) is 24.0. The number of H-pyrrole nitrogens is 1. The lowest BCUT2D eigenvalue weighted by atomic mass is 10.0. The van der Waals surface area contributed by atoms with E-state index >= 15 is 0 Å². The largest absolute Gasteiger partial charge is 0.507 e. The molecule has 1 aliphatic carbocycles. The molecular weight excluding hydrogens is 432 g/mol. The number of anilines is 1. The summed E-state index contributed by atoms with van der Waals surface area (Å²) in [6.45, 7) is 3.33. The van der Waals surface area contributed by atoms with E-state index in [1.807, 2.05) is 13.8 Å². The maximum Gasteiger partial charge on any atom is 0.407 e. The number of ether oxygens (including phenoxy) is 3. The summed E-state index contributed by atoms with van der Waals surface area (Å²) in [6.07, 6.45) is 2.08. The van der Waals surface area contributed by atoms with E-state index in [0.717, 1.165) is 18.5 Å². The Balaban J connectivity index is 1.52. The summed E-state index contributed by atoms with van der Waals surface area (Å²) in [5.74, 6) is -0.0394. The van der Waals surface area contributed by atoms with Crippen molar-refractivity contribution >= 4 is 24.1 Å². The summed E-state index contributed by atoms with van der Waals surface area (Å²) in [7, 11) is 1.40.